The molecule has 0 aliphatic carbocycles. The van der Waals surface area contributed by atoms with Crippen molar-refractivity contribution in [3.63, 3.8) is 0 Å². The number of hydrogen-bond donors (Lipinski definition) is 2. The van der Waals surface area contributed by atoms with Gasteiger partial charge in [-0.15, -0.1) is 11.8 Å². The van der Waals surface area contributed by atoms with Gasteiger partial charge in [-0.1, -0.05) is 0 Å². The normalized spacial score (nSPS) is 29.7. The zero-order chi connectivity index (χ0) is 9.54. The molecule has 0 spiro atoms. The van der Waals surface area contributed by atoms with Crippen LogP contribution < -0.4 is 11.1 Å². The third kappa shape index (κ3) is 1.12. The van der Waals surface area contributed by atoms with Crippen molar-refractivity contribution < 1.29 is 0 Å². The Bertz CT molecular complexity index is 368. The maximum atomic E-state index is 5.89. The standard InChI is InChI=1S/C9H12N4S/c10-8-7-5-1-2-11-3-6(5)14-9(7)13-4-12-8/h4-6,11H,1-3H2,(H2,10,12,13)/t5-,6-/m0/s1. The predicted octanol–water partition coefficient (Wildman–Crippen LogP) is 0.610. The Hall–Kier alpha value is -0.810. The summed E-state index contributed by atoms with van der Waals surface area (Å²) in [4.78, 5) is 8.36. The molecule has 5 heteroatoms. The Kier molecular flexibility index (Phi) is 1.88. The Morgan fingerprint density at radius 2 is 2.43 bits per heavy atom. The van der Waals surface area contributed by atoms with Crippen LogP contribution in [0.1, 0.15) is 17.9 Å². The molecule has 0 radical (unpaired) electrons. The van der Waals surface area contributed by atoms with Gasteiger partial charge < -0.3 is 11.1 Å². The van der Waals surface area contributed by atoms with E-state index < -0.39 is 0 Å². The molecule has 14 heavy (non-hydrogen) atoms. The molecule has 3 heterocycles. The highest BCUT2D eigenvalue weighted by Gasteiger charge is 2.37. The van der Waals surface area contributed by atoms with Gasteiger partial charge >= 0.3 is 0 Å². The highest BCUT2D eigenvalue weighted by atomic mass is 32.2. The third-order valence-corrected chi connectivity index (χ3v) is 4.28. The second kappa shape index (κ2) is 3.10. The molecule has 1 saturated heterocycles. The van der Waals surface area contributed by atoms with Crippen LogP contribution in [0.5, 0.6) is 0 Å². The van der Waals surface area contributed by atoms with Crippen LogP contribution in [0.25, 0.3) is 0 Å². The summed E-state index contributed by atoms with van der Waals surface area (Å²) in [5, 5.41) is 5.10. The second-order valence-electron chi connectivity index (χ2n) is 3.73. The van der Waals surface area contributed by atoms with Crippen LogP contribution >= 0.6 is 11.8 Å². The SMILES string of the molecule is Nc1ncnc2c1[C@H]1CCNC[C@@H]1S2. The summed E-state index contributed by atoms with van der Waals surface area (Å²) in [5.74, 6) is 1.24. The molecular formula is C9H12N4S. The number of nitrogen functional groups attached to an aromatic ring is 1. The molecule has 0 unspecified atom stereocenters. The van der Waals surface area contributed by atoms with Gasteiger partial charge in [-0.3, -0.25) is 0 Å². The average Bonchev–Trinajstić information content (AvgIpc) is 2.57. The zero-order valence-electron chi connectivity index (χ0n) is 7.73. The number of piperidine rings is 1. The fraction of sp³-hybridized carbons (Fsp3) is 0.556. The Morgan fingerprint density at radius 1 is 1.50 bits per heavy atom. The van der Waals surface area contributed by atoms with E-state index in [0.717, 1.165) is 24.5 Å². The molecule has 0 amide bonds. The number of hydrogen-bond acceptors (Lipinski definition) is 5. The molecule has 3 rings (SSSR count). The summed E-state index contributed by atoms with van der Waals surface area (Å²) in [6, 6.07) is 0. The number of aromatic nitrogens is 2. The average molecular weight is 208 g/mol. The van der Waals surface area contributed by atoms with E-state index >= 15 is 0 Å². The van der Waals surface area contributed by atoms with E-state index in [1.165, 1.54) is 5.56 Å². The van der Waals surface area contributed by atoms with E-state index in [4.69, 9.17) is 5.73 Å². The van der Waals surface area contributed by atoms with Crippen LogP contribution in [0.4, 0.5) is 5.82 Å². The second-order valence-corrected chi connectivity index (χ2v) is 4.96. The van der Waals surface area contributed by atoms with Crippen molar-refractivity contribution in [2.75, 3.05) is 18.8 Å². The van der Waals surface area contributed by atoms with E-state index in [9.17, 15) is 0 Å². The van der Waals surface area contributed by atoms with E-state index in [1.807, 2.05) is 11.8 Å². The zero-order valence-corrected chi connectivity index (χ0v) is 8.55. The van der Waals surface area contributed by atoms with Gasteiger partial charge in [-0.2, -0.15) is 0 Å². The molecular weight excluding hydrogens is 196 g/mol. The number of rotatable bonds is 0. The quantitative estimate of drug-likeness (QED) is 0.612. The summed E-state index contributed by atoms with van der Waals surface area (Å²) in [6.07, 6.45) is 2.72. The van der Waals surface area contributed by atoms with Crippen LogP contribution in [0.3, 0.4) is 0 Å². The van der Waals surface area contributed by atoms with Crippen LogP contribution in [-0.2, 0) is 0 Å². The Morgan fingerprint density at radius 3 is 3.36 bits per heavy atom. The summed E-state index contributed by atoms with van der Waals surface area (Å²) >= 11 is 1.84. The summed E-state index contributed by atoms with van der Waals surface area (Å²) < 4.78 is 0. The molecule has 1 aromatic rings. The van der Waals surface area contributed by atoms with Crippen LogP contribution in [-0.4, -0.2) is 28.3 Å². The first-order chi connectivity index (χ1) is 6.86. The highest BCUT2D eigenvalue weighted by molar-refractivity contribution is 8.00. The van der Waals surface area contributed by atoms with Crippen LogP contribution in [0.2, 0.25) is 0 Å². The molecule has 1 fully saturated rings. The van der Waals surface area contributed by atoms with Crippen LogP contribution in [0, 0.1) is 0 Å². The van der Waals surface area contributed by atoms with Crippen molar-refractivity contribution in [1.29, 1.82) is 0 Å². The molecule has 2 aliphatic rings. The van der Waals surface area contributed by atoms with Crippen LogP contribution in [0.15, 0.2) is 11.4 Å². The van der Waals surface area contributed by atoms with E-state index in [-0.39, 0.29) is 0 Å². The van der Waals surface area contributed by atoms with Crippen molar-refractivity contribution >= 4 is 17.6 Å². The van der Waals surface area contributed by atoms with Crippen molar-refractivity contribution in [3.8, 4) is 0 Å². The minimum Gasteiger partial charge on any atom is -0.383 e. The van der Waals surface area contributed by atoms with Gasteiger partial charge in [0.2, 0.25) is 0 Å². The molecule has 4 nitrogen and oxygen atoms in total. The fourth-order valence-corrected chi connectivity index (χ4v) is 3.68. The number of anilines is 1. The van der Waals surface area contributed by atoms with Gasteiger partial charge in [0.25, 0.3) is 0 Å². The lowest BCUT2D eigenvalue weighted by Gasteiger charge is -2.25. The molecule has 1 aromatic heterocycles. The third-order valence-electron chi connectivity index (χ3n) is 2.94. The molecule has 74 valence electrons. The van der Waals surface area contributed by atoms with E-state index in [2.05, 4.69) is 15.3 Å². The van der Waals surface area contributed by atoms with Gasteiger partial charge in [0.15, 0.2) is 0 Å². The lowest BCUT2D eigenvalue weighted by Crippen LogP contribution is -2.35. The first-order valence-electron chi connectivity index (χ1n) is 4.84. The van der Waals surface area contributed by atoms with E-state index in [1.54, 1.807) is 6.33 Å². The maximum absolute atomic E-state index is 5.89. The van der Waals surface area contributed by atoms with Crippen molar-refractivity contribution in [2.45, 2.75) is 22.6 Å². The predicted molar refractivity (Wildman–Crippen MR) is 56.3 cm³/mol. The molecule has 0 aromatic carbocycles. The number of fused-ring (bicyclic) bond motifs is 3. The Balaban J connectivity index is 2.06. The van der Waals surface area contributed by atoms with Gasteiger partial charge in [-0.05, 0) is 13.0 Å². The fourth-order valence-electron chi connectivity index (χ4n) is 2.26. The topological polar surface area (TPSA) is 63.8 Å². The summed E-state index contributed by atoms with van der Waals surface area (Å²) in [5.41, 5.74) is 7.09. The number of thioether (sulfide) groups is 1. The highest BCUT2D eigenvalue weighted by Crippen LogP contribution is 2.48. The van der Waals surface area contributed by atoms with Crippen molar-refractivity contribution in [3.05, 3.63) is 11.9 Å². The first-order valence-corrected chi connectivity index (χ1v) is 5.72. The number of nitrogens with one attached hydrogen (secondary N) is 1. The van der Waals surface area contributed by atoms with Gasteiger partial charge in [0.1, 0.15) is 17.2 Å². The van der Waals surface area contributed by atoms with Gasteiger partial charge in [-0.25, -0.2) is 9.97 Å². The Labute approximate surface area is 86.7 Å². The largest absolute Gasteiger partial charge is 0.383 e. The van der Waals surface area contributed by atoms with Crippen molar-refractivity contribution in [1.82, 2.24) is 15.3 Å². The molecule has 2 aliphatic heterocycles. The molecule has 0 saturated carbocycles. The monoisotopic (exact) mass is 208 g/mol. The summed E-state index contributed by atoms with van der Waals surface area (Å²) in [7, 11) is 0. The smallest absolute Gasteiger partial charge is 0.131 e. The van der Waals surface area contributed by atoms with Gasteiger partial charge in [0.05, 0.1) is 0 Å². The number of nitrogens with two attached hydrogens (primary N) is 1. The lowest BCUT2D eigenvalue weighted by atomic mass is 9.91. The van der Waals surface area contributed by atoms with Gasteiger partial charge in [0, 0.05) is 23.3 Å². The molecule has 0 bridgehead atoms. The molecule has 2 atom stereocenters. The number of nitrogens with zero attached hydrogens (tertiary/aromatic N) is 2. The molecule has 3 N–H and O–H groups in total. The minimum absolute atomic E-state index is 0.567. The van der Waals surface area contributed by atoms with Crippen molar-refractivity contribution in [2.24, 2.45) is 0 Å². The summed E-state index contributed by atoms with van der Waals surface area (Å²) in [6.45, 7) is 2.14. The first kappa shape index (κ1) is 8.49. The minimum atomic E-state index is 0.567. The van der Waals surface area contributed by atoms with E-state index in [0.29, 0.717) is 17.0 Å². The lowest BCUT2D eigenvalue weighted by molar-refractivity contribution is 0.476. The maximum Gasteiger partial charge on any atom is 0.131 e.